The van der Waals surface area contributed by atoms with E-state index in [1.54, 1.807) is 26.1 Å². The molecule has 7 nitrogen and oxygen atoms in total. The van der Waals surface area contributed by atoms with Gasteiger partial charge in [-0.2, -0.15) is 0 Å². The number of nitrogens with one attached hydrogen (secondary N) is 1. The van der Waals surface area contributed by atoms with Crippen molar-refractivity contribution in [1.29, 1.82) is 0 Å². The Balaban J connectivity index is 1.88. The number of thioether (sulfide) groups is 1. The second-order valence-corrected chi connectivity index (χ2v) is 7.53. The topological polar surface area (TPSA) is 92.6 Å². The number of benzene rings is 2. The molecule has 0 aliphatic carbocycles. The van der Waals surface area contributed by atoms with Crippen LogP contribution in [0.2, 0.25) is 0 Å². The molecule has 0 fully saturated rings. The normalized spacial score (nSPS) is 11.5. The van der Waals surface area contributed by atoms with Gasteiger partial charge in [0, 0.05) is 29.8 Å². The van der Waals surface area contributed by atoms with Gasteiger partial charge in [-0.05, 0) is 38.1 Å². The predicted octanol–water partition coefficient (Wildman–Crippen LogP) is 3.48. The largest absolute Gasteiger partial charge is 0.335 e. The maximum absolute atomic E-state index is 12.5. The molecule has 2 amide bonds. The van der Waals surface area contributed by atoms with E-state index in [1.807, 2.05) is 31.2 Å². The van der Waals surface area contributed by atoms with Gasteiger partial charge in [0.25, 0.3) is 5.69 Å². The summed E-state index contributed by atoms with van der Waals surface area (Å²) >= 11 is 1.29. The average Bonchev–Trinajstić information content (AvgIpc) is 2.63. The maximum atomic E-state index is 12.5. The molecule has 1 atom stereocenters. The molecular formula is C19H21N3O4S. The highest BCUT2D eigenvalue weighted by Gasteiger charge is 2.21. The van der Waals surface area contributed by atoms with Crippen molar-refractivity contribution in [3.63, 3.8) is 0 Å². The zero-order chi connectivity index (χ0) is 20.0. The lowest BCUT2D eigenvalue weighted by molar-refractivity contribution is -0.384. The minimum atomic E-state index is -0.469. The molecule has 0 aliphatic heterocycles. The minimum Gasteiger partial charge on any atom is -0.335 e. The molecule has 0 heterocycles. The van der Waals surface area contributed by atoms with Gasteiger partial charge in [0.15, 0.2) is 0 Å². The third-order valence-electron chi connectivity index (χ3n) is 3.80. The zero-order valence-corrected chi connectivity index (χ0v) is 16.2. The number of hydrogen-bond acceptors (Lipinski definition) is 5. The summed E-state index contributed by atoms with van der Waals surface area (Å²) in [5.74, 6) is -0.473. The third-order valence-corrected chi connectivity index (χ3v) is 4.90. The van der Waals surface area contributed by atoms with E-state index in [9.17, 15) is 19.7 Å². The first-order valence-corrected chi connectivity index (χ1v) is 9.17. The highest BCUT2D eigenvalue weighted by molar-refractivity contribution is 8.00. The van der Waals surface area contributed by atoms with Gasteiger partial charge < -0.3 is 10.2 Å². The SMILES string of the molecule is Cc1ccc(NC(=O)CN(C)C(=O)C(C)Sc2ccc([N+](=O)[O-])cc2)cc1. The van der Waals surface area contributed by atoms with Gasteiger partial charge in [-0.3, -0.25) is 19.7 Å². The molecule has 142 valence electrons. The number of amides is 2. The number of anilines is 1. The minimum absolute atomic E-state index is 0.00299. The van der Waals surface area contributed by atoms with Gasteiger partial charge in [-0.1, -0.05) is 17.7 Å². The lowest BCUT2D eigenvalue weighted by Gasteiger charge is -2.20. The van der Waals surface area contributed by atoms with E-state index in [1.165, 1.54) is 28.8 Å². The summed E-state index contributed by atoms with van der Waals surface area (Å²) in [5, 5.41) is 13.0. The van der Waals surface area contributed by atoms with Gasteiger partial charge in [0.2, 0.25) is 11.8 Å². The van der Waals surface area contributed by atoms with Crippen molar-refractivity contribution in [2.24, 2.45) is 0 Å². The van der Waals surface area contributed by atoms with E-state index in [0.717, 1.165) is 10.5 Å². The molecule has 0 radical (unpaired) electrons. The van der Waals surface area contributed by atoms with Crippen molar-refractivity contribution in [2.75, 3.05) is 18.9 Å². The molecule has 0 bridgehead atoms. The summed E-state index contributed by atoms with van der Waals surface area (Å²) < 4.78 is 0. The molecule has 0 aromatic heterocycles. The number of aryl methyl sites for hydroxylation is 1. The Hall–Kier alpha value is -2.87. The van der Waals surface area contributed by atoms with Gasteiger partial charge in [0.05, 0.1) is 16.7 Å². The Labute approximate surface area is 161 Å². The molecule has 27 heavy (non-hydrogen) atoms. The van der Waals surface area contributed by atoms with Crippen LogP contribution in [0.25, 0.3) is 0 Å². The Morgan fingerprint density at radius 2 is 1.74 bits per heavy atom. The van der Waals surface area contributed by atoms with Crippen molar-refractivity contribution in [2.45, 2.75) is 24.0 Å². The molecule has 0 saturated carbocycles. The second kappa shape index (κ2) is 9.18. The van der Waals surface area contributed by atoms with Crippen molar-refractivity contribution < 1.29 is 14.5 Å². The lowest BCUT2D eigenvalue weighted by Crippen LogP contribution is -2.38. The van der Waals surface area contributed by atoms with Crippen LogP contribution in [-0.2, 0) is 9.59 Å². The number of carbonyl (C=O) groups excluding carboxylic acids is 2. The fourth-order valence-electron chi connectivity index (χ4n) is 2.34. The standard InChI is InChI=1S/C19H21N3O4S/c1-13-4-6-15(7-5-13)20-18(23)12-21(3)19(24)14(2)27-17-10-8-16(9-11-17)22(25)26/h4-11,14H,12H2,1-3H3,(H,20,23). The van der Waals surface area contributed by atoms with Gasteiger partial charge in [-0.25, -0.2) is 0 Å². The smallest absolute Gasteiger partial charge is 0.269 e. The molecule has 2 rings (SSSR count). The predicted molar refractivity (Wildman–Crippen MR) is 106 cm³/mol. The Morgan fingerprint density at radius 3 is 2.30 bits per heavy atom. The summed E-state index contributed by atoms with van der Waals surface area (Å²) in [7, 11) is 1.57. The van der Waals surface area contributed by atoms with Crippen LogP contribution in [-0.4, -0.2) is 40.5 Å². The molecular weight excluding hydrogens is 366 g/mol. The molecule has 2 aromatic carbocycles. The van der Waals surface area contributed by atoms with Crippen LogP contribution in [0.1, 0.15) is 12.5 Å². The Kier molecular flexibility index (Phi) is 6.95. The highest BCUT2D eigenvalue weighted by atomic mass is 32.2. The maximum Gasteiger partial charge on any atom is 0.269 e. The van der Waals surface area contributed by atoms with Gasteiger partial charge >= 0.3 is 0 Å². The monoisotopic (exact) mass is 387 g/mol. The van der Waals surface area contributed by atoms with Crippen LogP contribution < -0.4 is 5.32 Å². The summed E-state index contributed by atoms with van der Waals surface area (Å²) in [5.41, 5.74) is 1.78. The number of nitrogens with zero attached hydrogens (tertiary/aromatic N) is 2. The van der Waals surface area contributed by atoms with E-state index in [-0.39, 0.29) is 24.0 Å². The van der Waals surface area contributed by atoms with Crippen molar-refractivity contribution in [1.82, 2.24) is 4.90 Å². The molecule has 0 saturated heterocycles. The Bertz CT molecular complexity index is 822. The fraction of sp³-hybridized carbons (Fsp3) is 0.263. The number of nitro groups is 1. The zero-order valence-electron chi connectivity index (χ0n) is 15.3. The summed E-state index contributed by atoms with van der Waals surface area (Å²) in [6.45, 7) is 3.64. The number of likely N-dealkylation sites (N-methyl/N-ethyl adjacent to an activating group) is 1. The molecule has 0 spiro atoms. The van der Waals surface area contributed by atoms with Crippen LogP contribution in [0.5, 0.6) is 0 Å². The molecule has 1 N–H and O–H groups in total. The van der Waals surface area contributed by atoms with E-state index < -0.39 is 10.2 Å². The fourth-order valence-corrected chi connectivity index (χ4v) is 3.32. The van der Waals surface area contributed by atoms with Crippen molar-refractivity contribution in [3.05, 3.63) is 64.2 Å². The first-order valence-electron chi connectivity index (χ1n) is 8.29. The number of non-ortho nitro benzene ring substituents is 1. The van der Waals surface area contributed by atoms with Crippen LogP contribution in [0.4, 0.5) is 11.4 Å². The number of nitro benzene ring substituents is 1. The summed E-state index contributed by atoms with van der Waals surface area (Å²) in [6, 6.07) is 13.4. The van der Waals surface area contributed by atoms with E-state index in [0.29, 0.717) is 5.69 Å². The number of rotatable bonds is 7. The van der Waals surface area contributed by atoms with E-state index in [4.69, 9.17) is 0 Å². The van der Waals surface area contributed by atoms with Crippen LogP contribution in [0, 0.1) is 17.0 Å². The molecule has 2 aromatic rings. The summed E-state index contributed by atoms with van der Waals surface area (Å²) in [6.07, 6.45) is 0. The third kappa shape index (κ3) is 6.10. The number of hydrogen-bond donors (Lipinski definition) is 1. The Morgan fingerprint density at radius 1 is 1.15 bits per heavy atom. The summed E-state index contributed by atoms with van der Waals surface area (Å²) in [4.78, 5) is 36.9. The first kappa shape index (κ1) is 20.4. The second-order valence-electron chi connectivity index (χ2n) is 6.12. The quantitative estimate of drug-likeness (QED) is 0.446. The van der Waals surface area contributed by atoms with Crippen molar-refractivity contribution >= 4 is 35.0 Å². The highest BCUT2D eigenvalue weighted by Crippen LogP contribution is 2.26. The van der Waals surface area contributed by atoms with E-state index in [2.05, 4.69) is 5.32 Å². The number of carbonyl (C=O) groups is 2. The van der Waals surface area contributed by atoms with Crippen LogP contribution in [0.15, 0.2) is 53.4 Å². The van der Waals surface area contributed by atoms with Crippen molar-refractivity contribution in [3.8, 4) is 0 Å². The first-order chi connectivity index (χ1) is 12.8. The van der Waals surface area contributed by atoms with Gasteiger partial charge in [0.1, 0.15) is 0 Å². The van der Waals surface area contributed by atoms with Crippen LogP contribution in [0.3, 0.4) is 0 Å². The lowest BCUT2D eigenvalue weighted by atomic mass is 10.2. The molecule has 1 unspecified atom stereocenters. The average molecular weight is 387 g/mol. The molecule has 0 aliphatic rings. The van der Waals surface area contributed by atoms with E-state index >= 15 is 0 Å². The molecule has 8 heteroatoms. The van der Waals surface area contributed by atoms with Gasteiger partial charge in [-0.15, -0.1) is 11.8 Å². The van der Waals surface area contributed by atoms with Crippen LogP contribution >= 0.6 is 11.8 Å².